The largest absolute Gasteiger partial charge is 0.296 e. The quantitative estimate of drug-likeness (QED) is 0.180. The molecule has 0 aromatic carbocycles. The third-order valence-corrected chi connectivity index (χ3v) is 5.48. The third kappa shape index (κ3) is 10.9. The van der Waals surface area contributed by atoms with E-state index >= 15 is 0 Å². The average Bonchev–Trinajstić information content (AvgIpc) is 2.58. The second-order valence-corrected chi connectivity index (χ2v) is 7.78. The number of carbonyl (C=O) groups excluding carboxylic acids is 2. The minimum Gasteiger partial charge on any atom is -0.296 e. The van der Waals surface area contributed by atoms with Crippen LogP contribution in [0.3, 0.4) is 0 Å². The highest BCUT2D eigenvalue weighted by atomic mass is 35.5. The van der Waals surface area contributed by atoms with Crippen molar-refractivity contribution in [3.63, 3.8) is 0 Å². The van der Waals surface area contributed by atoms with Gasteiger partial charge in [-0.05, 0) is 25.7 Å². The molecule has 0 fully saturated rings. The van der Waals surface area contributed by atoms with E-state index in [-0.39, 0.29) is 11.8 Å². The predicted octanol–water partition coefficient (Wildman–Crippen LogP) is 5.02. The zero-order chi connectivity index (χ0) is 20.1. The van der Waals surface area contributed by atoms with Gasteiger partial charge in [0.05, 0.1) is 0 Å². The number of hydrogen-bond donors (Lipinski definition) is 1. The van der Waals surface area contributed by atoms with E-state index in [1.165, 1.54) is 13.8 Å². The molecule has 0 saturated carbocycles. The number of hydrogen-bond acceptors (Lipinski definition) is 5. The number of nitrogens with two attached hydrogens (primary N) is 1. The normalized spacial score (nSPS) is 14.6. The lowest BCUT2D eigenvalue weighted by molar-refractivity contribution is -0.130. The van der Waals surface area contributed by atoms with Crippen LogP contribution in [0.1, 0.15) is 79.1 Å². The van der Waals surface area contributed by atoms with E-state index < -0.39 is 21.0 Å². The Kier molecular flexibility index (Phi) is 14.7. The molecule has 2 amide bonds. The summed E-state index contributed by atoms with van der Waals surface area (Å²) < 4.78 is 13.4. The van der Waals surface area contributed by atoms with Gasteiger partial charge < -0.3 is 0 Å². The fourth-order valence-electron chi connectivity index (χ4n) is 2.22. The molecule has 2 unspecified atom stereocenters. The van der Waals surface area contributed by atoms with Crippen molar-refractivity contribution in [3.05, 3.63) is 0 Å². The molecule has 154 valence electrons. The van der Waals surface area contributed by atoms with Crippen molar-refractivity contribution in [1.29, 1.82) is 0 Å². The Balaban J connectivity index is 4.84. The minimum absolute atomic E-state index is 0.334. The Bertz CT molecular complexity index is 385. The number of unbranched alkanes of at least 4 members (excludes halogenated alkanes) is 4. The fraction of sp³-hybridized carbons (Fsp3) is 0.875. The van der Waals surface area contributed by atoms with E-state index in [4.69, 9.17) is 38.1 Å². The first-order valence-electron chi connectivity index (χ1n) is 9.04. The van der Waals surface area contributed by atoms with Gasteiger partial charge in [-0.15, -0.1) is 0 Å². The van der Waals surface area contributed by atoms with Crippen molar-refractivity contribution in [1.82, 2.24) is 8.84 Å². The number of nitrogens with zero attached hydrogens (tertiary/aromatic N) is 2. The second kappa shape index (κ2) is 14.8. The summed E-state index contributed by atoms with van der Waals surface area (Å²) in [5, 5.41) is 0. The first-order valence-corrected chi connectivity index (χ1v) is 11.0. The van der Waals surface area contributed by atoms with Gasteiger partial charge in [-0.25, -0.2) is 8.84 Å². The molecule has 0 spiro atoms. The summed E-state index contributed by atoms with van der Waals surface area (Å²) in [6.45, 7) is 6.87. The molecule has 0 aliphatic heterocycles. The highest BCUT2D eigenvalue weighted by molar-refractivity contribution is 7.44. The maximum absolute atomic E-state index is 11.6. The van der Waals surface area contributed by atoms with Crippen molar-refractivity contribution in [3.8, 4) is 0 Å². The van der Waals surface area contributed by atoms with Gasteiger partial charge in [-0.3, -0.25) is 24.1 Å². The molecule has 0 radical (unpaired) electrons. The number of halogens is 2. The van der Waals surface area contributed by atoms with Crippen molar-refractivity contribution in [2.75, 3.05) is 0 Å². The first kappa shape index (κ1) is 25.8. The molecule has 2 atom stereocenters. The van der Waals surface area contributed by atoms with E-state index in [1.54, 1.807) is 0 Å². The lowest BCUT2D eigenvalue weighted by atomic mass is 10.2. The van der Waals surface area contributed by atoms with Crippen molar-refractivity contribution in [2.24, 2.45) is 5.50 Å². The van der Waals surface area contributed by atoms with Gasteiger partial charge >= 0.3 is 0 Å². The molecule has 0 aliphatic carbocycles. The second-order valence-electron chi connectivity index (χ2n) is 6.06. The maximum atomic E-state index is 11.6. The monoisotopic (exact) mass is 431 g/mol. The molecule has 0 aromatic rings. The van der Waals surface area contributed by atoms with Gasteiger partial charge in [0.25, 0.3) is 8.53 Å². The summed E-state index contributed by atoms with van der Waals surface area (Å²) >= 11 is 12.0. The Labute approximate surface area is 168 Å². The standard InChI is InChI=1S/C16H32Cl2N3O4P/c1-5-7-9-11-15(20(17)13(3)22)24-26(19)25-16(12-10-8-6-2)21(18)14(4)23/h15-16H,5-12,19H2,1-4H3. The van der Waals surface area contributed by atoms with Crippen LogP contribution in [0.25, 0.3) is 0 Å². The highest BCUT2D eigenvalue weighted by Crippen LogP contribution is 2.37. The van der Waals surface area contributed by atoms with Crippen LogP contribution in [-0.2, 0) is 18.6 Å². The fourth-order valence-corrected chi connectivity index (χ4v) is 3.54. The Morgan fingerprint density at radius 1 is 0.885 bits per heavy atom. The lowest BCUT2D eigenvalue weighted by Gasteiger charge is -2.30. The van der Waals surface area contributed by atoms with E-state index in [1.807, 2.05) is 0 Å². The van der Waals surface area contributed by atoms with Crippen LogP contribution >= 0.6 is 32.1 Å². The van der Waals surface area contributed by atoms with E-state index in [0.717, 1.165) is 47.4 Å². The van der Waals surface area contributed by atoms with E-state index in [9.17, 15) is 9.59 Å². The van der Waals surface area contributed by atoms with Gasteiger partial charge in [0, 0.05) is 37.4 Å². The molecule has 0 rings (SSSR count). The van der Waals surface area contributed by atoms with Crippen molar-refractivity contribution in [2.45, 2.75) is 91.5 Å². The molecular weight excluding hydrogens is 400 g/mol. The Hall–Kier alpha value is -0.170. The van der Waals surface area contributed by atoms with Gasteiger partial charge in [0.15, 0.2) is 12.5 Å². The van der Waals surface area contributed by atoms with Crippen LogP contribution in [0.5, 0.6) is 0 Å². The van der Waals surface area contributed by atoms with Crippen LogP contribution in [0.15, 0.2) is 0 Å². The van der Waals surface area contributed by atoms with Crippen molar-refractivity contribution < 1.29 is 18.6 Å². The van der Waals surface area contributed by atoms with E-state index in [0.29, 0.717) is 12.8 Å². The van der Waals surface area contributed by atoms with Crippen LogP contribution in [0.4, 0.5) is 0 Å². The molecule has 0 aromatic heterocycles. The summed E-state index contributed by atoms with van der Waals surface area (Å²) in [6, 6.07) is 0. The Morgan fingerprint density at radius 2 is 1.23 bits per heavy atom. The summed E-state index contributed by atoms with van der Waals surface area (Å²) in [6.07, 6.45) is 5.46. The number of rotatable bonds is 14. The van der Waals surface area contributed by atoms with Gasteiger partial charge in [0.2, 0.25) is 11.8 Å². The molecule has 2 N–H and O–H groups in total. The molecule has 10 heteroatoms. The number of carbonyl (C=O) groups is 2. The van der Waals surface area contributed by atoms with Crippen LogP contribution < -0.4 is 5.50 Å². The molecule has 0 bridgehead atoms. The topological polar surface area (TPSA) is 85.1 Å². The zero-order valence-electron chi connectivity index (χ0n) is 16.1. The summed E-state index contributed by atoms with van der Waals surface area (Å²) in [5.41, 5.74) is 5.99. The predicted molar refractivity (Wildman–Crippen MR) is 106 cm³/mol. The number of amides is 2. The summed E-state index contributed by atoms with van der Waals surface area (Å²) in [4.78, 5) is 23.1. The highest BCUT2D eigenvalue weighted by Gasteiger charge is 2.28. The van der Waals surface area contributed by atoms with Crippen LogP contribution in [0, 0.1) is 0 Å². The smallest absolute Gasteiger partial charge is 0.257 e. The molecule has 0 aliphatic rings. The van der Waals surface area contributed by atoms with Gasteiger partial charge in [0.1, 0.15) is 0 Å². The minimum atomic E-state index is -1.87. The maximum Gasteiger partial charge on any atom is 0.257 e. The Morgan fingerprint density at radius 3 is 1.50 bits per heavy atom. The molecule has 0 saturated heterocycles. The first-order chi connectivity index (χ1) is 12.2. The summed E-state index contributed by atoms with van der Waals surface area (Å²) in [5.74, 6) is -0.669. The van der Waals surface area contributed by atoms with Gasteiger partial charge in [-0.2, -0.15) is 0 Å². The van der Waals surface area contributed by atoms with Crippen LogP contribution in [-0.4, -0.2) is 33.1 Å². The summed E-state index contributed by atoms with van der Waals surface area (Å²) in [7, 11) is -1.87. The zero-order valence-corrected chi connectivity index (χ0v) is 18.5. The lowest BCUT2D eigenvalue weighted by Crippen LogP contribution is -2.36. The third-order valence-electron chi connectivity index (χ3n) is 3.67. The van der Waals surface area contributed by atoms with E-state index in [2.05, 4.69) is 13.8 Å². The molecule has 0 heterocycles. The van der Waals surface area contributed by atoms with Gasteiger partial charge in [-0.1, -0.05) is 39.5 Å². The van der Waals surface area contributed by atoms with Crippen LogP contribution in [0.2, 0.25) is 0 Å². The SMILES string of the molecule is CCCCCC(OP(N)OC(CCCCC)N(Cl)C(C)=O)N(Cl)C(C)=O. The molecular formula is C16H32Cl2N3O4P. The average molecular weight is 432 g/mol. The molecule has 7 nitrogen and oxygen atoms in total. The van der Waals surface area contributed by atoms with Crippen molar-refractivity contribution >= 4 is 43.9 Å². The molecule has 26 heavy (non-hydrogen) atoms.